The van der Waals surface area contributed by atoms with Crippen LogP contribution in [0.5, 0.6) is 0 Å². The van der Waals surface area contributed by atoms with Gasteiger partial charge in [-0.1, -0.05) is 133 Å². The molecule has 4 nitrogen and oxygen atoms in total. The first-order valence-corrected chi connectivity index (χ1v) is 24.8. The fourth-order valence-electron chi connectivity index (χ4n) is 12.0. The summed E-state index contributed by atoms with van der Waals surface area (Å²) in [7, 11) is 0. The van der Waals surface area contributed by atoms with E-state index in [2.05, 4.69) is 172 Å². The average molecular weight is 919 g/mol. The predicted molar refractivity (Wildman–Crippen MR) is 296 cm³/mol. The molecule has 0 saturated heterocycles. The second-order valence-corrected chi connectivity index (χ2v) is 19.9. The first kappa shape index (κ1) is 43.9. The molecule has 0 aliphatic heterocycles. The number of amides is 2. The summed E-state index contributed by atoms with van der Waals surface area (Å²) >= 11 is 0. The van der Waals surface area contributed by atoms with E-state index in [0.29, 0.717) is 11.1 Å². The van der Waals surface area contributed by atoms with Gasteiger partial charge in [0.05, 0.1) is 5.41 Å². The van der Waals surface area contributed by atoms with Gasteiger partial charge in [0.15, 0.2) is 0 Å². The number of hydrogen-bond acceptors (Lipinski definition) is 2. The lowest BCUT2D eigenvalue weighted by Crippen LogP contribution is -2.28. The van der Waals surface area contributed by atoms with Crippen LogP contribution in [0.4, 0.5) is 11.4 Å². The Morgan fingerprint density at radius 1 is 0.366 bits per heavy atom. The molecule has 0 atom stereocenters. The van der Waals surface area contributed by atoms with E-state index < -0.39 is 5.41 Å². The van der Waals surface area contributed by atoms with Crippen LogP contribution in [0.2, 0.25) is 0 Å². The third kappa shape index (κ3) is 7.03. The van der Waals surface area contributed by atoms with E-state index >= 15 is 0 Å². The highest BCUT2D eigenvalue weighted by molar-refractivity contribution is 6.34. The van der Waals surface area contributed by atoms with Gasteiger partial charge >= 0.3 is 0 Å². The van der Waals surface area contributed by atoms with Gasteiger partial charge in [-0.3, -0.25) is 9.59 Å². The molecule has 1 aliphatic carbocycles. The van der Waals surface area contributed by atoms with Crippen LogP contribution in [0.1, 0.15) is 87.5 Å². The Morgan fingerprint density at radius 2 is 0.789 bits per heavy atom. The summed E-state index contributed by atoms with van der Waals surface area (Å²) < 4.78 is 0. The zero-order valence-electron chi connectivity index (χ0n) is 41.1. The summed E-state index contributed by atoms with van der Waals surface area (Å²) in [6, 6.07) is 64.2. The molecule has 4 heteroatoms. The first-order chi connectivity index (χ1) is 34.5. The molecule has 71 heavy (non-hydrogen) atoms. The number of rotatable bonds is 9. The molecule has 2 N–H and O–H groups in total. The number of nitrogens with one attached hydrogen (secondary N) is 2. The number of anilines is 2. The normalized spacial score (nSPS) is 12.7. The van der Waals surface area contributed by atoms with E-state index in [0.717, 1.165) is 46.5 Å². The van der Waals surface area contributed by atoms with Gasteiger partial charge in [0.2, 0.25) is 0 Å². The summed E-state index contributed by atoms with van der Waals surface area (Å²) in [6.45, 7) is 12.9. The van der Waals surface area contributed by atoms with Crippen molar-refractivity contribution in [3.8, 4) is 11.1 Å². The van der Waals surface area contributed by atoms with Gasteiger partial charge in [-0.15, -0.1) is 0 Å². The number of hydrogen-bond donors (Lipinski definition) is 2. The van der Waals surface area contributed by atoms with E-state index in [9.17, 15) is 9.59 Å². The third-order valence-electron chi connectivity index (χ3n) is 15.8. The highest BCUT2D eigenvalue weighted by Crippen LogP contribution is 2.56. The minimum atomic E-state index is -0.641. The molecule has 11 aromatic rings. The molecule has 344 valence electrons. The van der Waals surface area contributed by atoms with Crippen molar-refractivity contribution in [2.75, 3.05) is 10.6 Å². The second-order valence-electron chi connectivity index (χ2n) is 19.9. The van der Waals surface area contributed by atoms with Gasteiger partial charge in [-0.05, 0) is 224 Å². The molecule has 0 aromatic heterocycles. The van der Waals surface area contributed by atoms with Gasteiger partial charge in [0.25, 0.3) is 11.8 Å². The number of carbonyl (C=O) groups excluding carboxylic acids is 2. The van der Waals surface area contributed by atoms with Gasteiger partial charge < -0.3 is 10.6 Å². The minimum Gasteiger partial charge on any atom is -0.322 e. The van der Waals surface area contributed by atoms with Crippen molar-refractivity contribution in [2.24, 2.45) is 0 Å². The Labute approximate surface area is 415 Å². The summed E-state index contributed by atoms with van der Waals surface area (Å²) in [4.78, 5) is 27.5. The van der Waals surface area contributed by atoms with Crippen LogP contribution in [-0.2, 0) is 18.3 Å². The third-order valence-corrected chi connectivity index (χ3v) is 15.8. The molecule has 12 rings (SSSR count). The molecule has 0 unspecified atom stereocenters. The Hall–Kier alpha value is -8.34. The molecule has 2 amide bonds. The second kappa shape index (κ2) is 17.0. The highest BCUT2D eigenvalue weighted by Gasteiger charge is 2.46. The lowest BCUT2D eigenvalue weighted by Gasteiger charge is -2.34. The monoisotopic (exact) mass is 918 g/mol. The van der Waals surface area contributed by atoms with Gasteiger partial charge in [0.1, 0.15) is 0 Å². The molecule has 0 fully saturated rings. The Balaban J connectivity index is 0.829. The lowest BCUT2D eigenvalue weighted by atomic mass is 9.67. The van der Waals surface area contributed by atoms with E-state index in [1.807, 2.05) is 62.4 Å². The predicted octanol–water partition coefficient (Wildman–Crippen LogP) is 16.2. The summed E-state index contributed by atoms with van der Waals surface area (Å²) in [5.74, 6) is -0.278. The summed E-state index contributed by atoms with van der Waals surface area (Å²) in [5.41, 5.74) is 18.8. The Morgan fingerprint density at radius 3 is 1.31 bits per heavy atom. The van der Waals surface area contributed by atoms with Crippen LogP contribution >= 0.6 is 0 Å². The van der Waals surface area contributed by atoms with E-state index in [-0.39, 0.29) is 11.8 Å². The van der Waals surface area contributed by atoms with Gasteiger partial charge in [0, 0.05) is 22.5 Å². The quantitative estimate of drug-likeness (QED) is 0.112. The van der Waals surface area contributed by atoms with Crippen molar-refractivity contribution in [3.63, 3.8) is 0 Å². The molecule has 0 saturated carbocycles. The average Bonchev–Trinajstić information content (AvgIpc) is 3.69. The maximum Gasteiger partial charge on any atom is 0.255 e. The largest absolute Gasteiger partial charge is 0.322 e. The topological polar surface area (TPSA) is 58.2 Å². The van der Waals surface area contributed by atoms with Crippen LogP contribution in [-0.4, -0.2) is 11.8 Å². The van der Waals surface area contributed by atoms with E-state index in [1.54, 1.807) is 0 Å². The van der Waals surface area contributed by atoms with E-state index in [4.69, 9.17) is 0 Å². The fourth-order valence-corrected chi connectivity index (χ4v) is 12.0. The van der Waals surface area contributed by atoms with Crippen molar-refractivity contribution in [2.45, 2.75) is 59.8 Å². The molecule has 0 spiro atoms. The highest BCUT2D eigenvalue weighted by atomic mass is 16.2. The van der Waals surface area contributed by atoms with Crippen LogP contribution in [0.15, 0.2) is 182 Å². The zero-order chi connectivity index (χ0) is 48.7. The van der Waals surface area contributed by atoms with Crippen LogP contribution in [0, 0.1) is 41.5 Å². The molecular formula is C67H54N2O2. The molecular weight excluding hydrogens is 865 g/mol. The molecule has 11 aromatic carbocycles. The summed E-state index contributed by atoms with van der Waals surface area (Å²) in [6.07, 6.45) is 1.67. The van der Waals surface area contributed by atoms with Crippen molar-refractivity contribution in [3.05, 3.63) is 260 Å². The smallest absolute Gasteiger partial charge is 0.255 e. The van der Waals surface area contributed by atoms with E-state index in [1.165, 1.54) is 98.7 Å². The SMILES string of the molecule is Cc1ccc(C(=O)Nc2ccc(C3(c4ccc(NC(=O)c5ccc(C)c(CCc6ccc7c8ccc(C)c9c(C)ccc(c%10ccc(C)c6c%107)c98)c5)cc4)c4ccccc4-c4ccccc43)cc2)cc1C. The van der Waals surface area contributed by atoms with Gasteiger partial charge in [-0.2, -0.15) is 0 Å². The van der Waals surface area contributed by atoms with Crippen LogP contribution in [0.25, 0.3) is 54.2 Å². The van der Waals surface area contributed by atoms with Crippen molar-refractivity contribution >= 4 is 66.3 Å². The molecule has 0 bridgehead atoms. The minimum absolute atomic E-state index is 0.138. The van der Waals surface area contributed by atoms with Gasteiger partial charge in [-0.25, -0.2) is 0 Å². The van der Waals surface area contributed by atoms with Crippen molar-refractivity contribution < 1.29 is 9.59 Å². The number of fused-ring (bicyclic) bond motifs is 5. The van der Waals surface area contributed by atoms with Crippen molar-refractivity contribution in [1.29, 1.82) is 0 Å². The van der Waals surface area contributed by atoms with Crippen LogP contribution in [0.3, 0.4) is 0 Å². The van der Waals surface area contributed by atoms with Crippen molar-refractivity contribution in [1.82, 2.24) is 0 Å². The first-order valence-electron chi connectivity index (χ1n) is 24.8. The number of aryl methyl sites for hydroxylation is 8. The molecule has 0 radical (unpaired) electrons. The Kier molecular flexibility index (Phi) is 10.5. The Bertz CT molecular complexity index is 3870. The zero-order valence-corrected chi connectivity index (χ0v) is 41.1. The summed E-state index contributed by atoms with van der Waals surface area (Å²) in [5, 5.41) is 17.0. The standard InChI is InChI=1S/C67H54N2O2/c1-39-15-20-47(37-44(39)6)65(70)68-51-29-25-49(26-30-51)67(59-13-9-7-11-53(59)54-12-8-10-14-60(54)67)50-27-31-52(32-28-50)69-66(71)48-21-16-40(2)46(38-48)23-22-45-24-36-58-56-34-18-42(4)61-41(3)17-33-55(63(56)61)57-35-19-43(5)62(45)64(57)58/h7-21,24-38H,22-23H2,1-6H3,(H,68,70)(H,69,71). The lowest BCUT2D eigenvalue weighted by molar-refractivity contribution is 0.101. The maximum atomic E-state index is 14.1. The number of benzene rings is 11. The molecule has 1 aliphatic rings. The fraction of sp³-hybridized carbons (Fsp3) is 0.134. The molecule has 0 heterocycles. The number of carbonyl (C=O) groups is 2. The van der Waals surface area contributed by atoms with Crippen LogP contribution < -0.4 is 10.6 Å². The maximum absolute atomic E-state index is 14.1.